The summed E-state index contributed by atoms with van der Waals surface area (Å²) in [7, 11) is 1.71. The van der Waals surface area contributed by atoms with Gasteiger partial charge in [0.2, 0.25) is 0 Å². The second-order valence-corrected chi connectivity index (χ2v) is 5.32. The van der Waals surface area contributed by atoms with Gasteiger partial charge in [-0.15, -0.1) is 0 Å². The van der Waals surface area contributed by atoms with Crippen LogP contribution in [-0.4, -0.2) is 7.11 Å². The number of benzene rings is 2. The molecule has 0 unspecified atom stereocenters. The number of hydrogen-bond donors (Lipinski definition) is 1. The van der Waals surface area contributed by atoms with Gasteiger partial charge in [-0.2, -0.15) is 0 Å². The molecule has 2 rings (SSSR count). The van der Waals surface area contributed by atoms with E-state index >= 15 is 0 Å². The van der Waals surface area contributed by atoms with Crippen LogP contribution in [0.3, 0.4) is 0 Å². The summed E-state index contributed by atoms with van der Waals surface area (Å²) in [6.45, 7) is 7.24. The van der Waals surface area contributed by atoms with Gasteiger partial charge in [-0.05, 0) is 43.5 Å². The van der Waals surface area contributed by atoms with Crippen LogP contribution in [0, 0.1) is 13.8 Å². The third-order valence-corrected chi connectivity index (χ3v) is 3.65. The van der Waals surface area contributed by atoms with Crippen molar-refractivity contribution in [1.29, 1.82) is 0 Å². The molecule has 106 valence electrons. The summed E-state index contributed by atoms with van der Waals surface area (Å²) in [6.07, 6.45) is 0. The smallest absolute Gasteiger partial charge is 0.121 e. The minimum atomic E-state index is 0.345. The fourth-order valence-electron chi connectivity index (χ4n) is 2.29. The van der Waals surface area contributed by atoms with Crippen molar-refractivity contribution in [3.05, 3.63) is 64.7 Å². The number of rotatable bonds is 5. The summed E-state index contributed by atoms with van der Waals surface area (Å²) in [5, 5.41) is 3.56. The van der Waals surface area contributed by atoms with E-state index in [2.05, 4.69) is 62.5 Å². The van der Waals surface area contributed by atoms with Crippen molar-refractivity contribution in [1.82, 2.24) is 5.32 Å². The highest BCUT2D eigenvalue weighted by molar-refractivity contribution is 5.36. The van der Waals surface area contributed by atoms with Gasteiger partial charge in [-0.1, -0.05) is 42.0 Å². The number of ether oxygens (including phenoxy) is 1. The lowest BCUT2D eigenvalue weighted by Crippen LogP contribution is -2.18. The van der Waals surface area contributed by atoms with E-state index in [0.29, 0.717) is 6.04 Å². The summed E-state index contributed by atoms with van der Waals surface area (Å²) < 4.78 is 5.29. The van der Waals surface area contributed by atoms with Gasteiger partial charge in [0, 0.05) is 12.6 Å². The summed E-state index contributed by atoms with van der Waals surface area (Å²) in [5.41, 5.74) is 5.07. The first kappa shape index (κ1) is 14.6. The lowest BCUT2D eigenvalue weighted by atomic mass is 10.1. The summed E-state index contributed by atoms with van der Waals surface area (Å²) >= 11 is 0. The summed E-state index contributed by atoms with van der Waals surface area (Å²) in [6, 6.07) is 15.4. The molecule has 0 spiro atoms. The van der Waals surface area contributed by atoms with E-state index in [1.165, 1.54) is 22.3 Å². The Morgan fingerprint density at radius 2 is 1.75 bits per heavy atom. The van der Waals surface area contributed by atoms with Gasteiger partial charge < -0.3 is 10.1 Å². The molecule has 0 aromatic heterocycles. The molecular formula is C18H23NO. The van der Waals surface area contributed by atoms with Gasteiger partial charge in [-0.25, -0.2) is 0 Å². The molecule has 2 aromatic rings. The Balaban J connectivity index is 1.97. The molecule has 2 heteroatoms. The standard InChI is InChI=1S/C18H23NO/c1-13-5-8-17(9-6-13)15(3)19-12-16-7-10-18(20-4)14(2)11-16/h5-11,15,19H,12H2,1-4H3/t15-/m1/s1. The molecule has 1 atom stereocenters. The van der Waals surface area contributed by atoms with E-state index < -0.39 is 0 Å². The zero-order valence-corrected chi connectivity index (χ0v) is 12.7. The molecule has 0 aliphatic rings. The van der Waals surface area contributed by atoms with Gasteiger partial charge in [0.25, 0.3) is 0 Å². The lowest BCUT2D eigenvalue weighted by Gasteiger charge is -2.15. The Kier molecular flexibility index (Phi) is 4.80. The van der Waals surface area contributed by atoms with Crippen LogP contribution in [0.4, 0.5) is 0 Å². The maximum atomic E-state index is 5.29. The monoisotopic (exact) mass is 269 g/mol. The molecule has 0 amide bonds. The molecular weight excluding hydrogens is 246 g/mol. The van der Waals surface area contributed by atoms with Crippen molar-refractivity contribution in [2.24, 2.45) is 0 Å². The van der Waals surface area contributed by atoms with E-state index in [4.69, 9.17) is 4.74 Å². The SMILES string of the molecule is COc1ccc(CN[C@H](C)c2ccc(C)cc2)cc1C. The van der Waals surface area contributed by atoms with E-state index in [9.17, 15) is 0 Å². The van der Waals surface area contributed by atoms with Crippen molar-refractivity contribution < 1.29 is 4.74 Å². The fourth-order valence-corrected chi connectivity index (χ4v) is 2.29. The van der Waals surface area contributed by atoms with Gasteiger partial charge in [0.05, 0.1) is 7.11 Å². The second-order valence-electron chi connectivity index (χ2n) is 5.32. The maximum Gasteiger partial charge on any atom is 0.121 e. The Labute approximate surface area is 121 Å². The third-order valence-electron chi connectivity index (χ3n) is 3.65. The van der Waals surface area contributed by atoms with Crippen molar-refractivity contribution in [2.75, 3.05) is 7.11 Å². The van der Waals surface area contributed by atoms with Crippen molar-refractivity contribution >= 4 is 0 Å². The van der Waals surface area contributed by atoms with Crippen LogP contribution in [0.2, 0.25) is 0 Å². The molecule has 0 heterocycles. The van der Waals surface area contributed by atoms with Crippen LogP contribution in [-0.2, 0) is 6.54 Å². The molecule has 1 N–H and O–H groups in total. The first-order chi connectivity index (χ1) is 9.60. The molecule has 2 nitrogen and oxygen atoms in total. The molecule has 0 saturated carbocycles. The lowest BCUT2D eigenvalue weighted by molar-refractivity contribution is 0.411. The van der Waals surface area contributed by atoms with Gasteiger partial charge in [0.15, 0.2) is 0 Å². The van der Waals surface area contributed by atoms with Crippen molar-refractivity contribution in [3.63, 3.8) is 0 Å². The quantitative estimate of drug-likeness (QED) is 0.880. The Morgan fingerprint density at radius 3 is 2.35 bits per heavy atom. The largest absolute Gasteiger partial charge is 0.496 e. The highest BCUT2D eigenvalue weighted by atomic mass is 16.5. The molecule has 20 heavy (non-hydrogen) atoms. The van der Waals surface area contributed by atoms with Crippen molar-refractivity contribution in [3.8, 4) is 5.75 Å². The molecule has 0 aliphatic carbocycles. The highest BCUT2D eigenvalue weighted by Gasteiger charge is 2.05. The second kappa shape index (κ2) is 6.58. The number of nitrogens with one attached hydrogen (secondary N) is 1. The van der Waals surface area contributed by atoms with Gasteiger partial charge >= 0.3 is 0 Å². The number of hydrogen-bond acceptors (Lipinski definition) is 2. The first-order valence-corrected chi connectivity index (χ1v) is 7.03. The predicted octanol–water partition coefficient (Wildman–Crippen LogP) is 4.16. The molecule has 0 bridgehead atoms. The highest BCUT2D eigenvalue weighted by Crippen LogP contribution is 2.19. The van der Waals surface area contributed by atoms with E-state index in [1.54, 1.807) is 7.11 Å². The fraction of sp³-hybridized carbons (Fsp3) is 0.333. The van der Waals surface area contributed by atoms with E-state index in [0.717, 1.165) is 12.3 Å². The van der Waals surface area contributed by atoms with Crippen LogP contribution in [0.15, 0.2) is 42.5 Å². The molecule has 2 aromatic carbocycles. The molecule has 0 radical (unpaired) electrons. The predicted molar refractivity (Wildman–Crippen MR) is 84.2 cm³/mol. The minimum Gasteiger partial charge on any atom is -0.496 e. The van der Waals surface area contributed by atoms with Gasteiger partial charge in [0.1, 0.15) is 5.75 Å². The van der Waals surface area contributed by atoms with Crippen molar-refractivity contribution in [2.45, 2.75) is 33.4 Å². The molecule has 0 saturated heterocycles. The normalized spacial score (nSPS) is 12.2. The summed E-state index contributed by atoms with van der Waals surface area (Å²) in [5.74, 6) is 0.945. The average Bonchev–Trinajstić information content (AvgIpc) is 2.45. The minimum absolute atomic E-state index is 0.345. The average molecular weight is 269 g/mol. The Bertz CT molecular complexity index is 560. The Hall–Kier alpha value is -1.80. The zero-order chi connectivity index (χ0) is 14.5. The summed E-state index contributed by atoms with van der Waals surface area (Å²) in [4.78, 5) is 0. The first-order valence-electron chi connectivity index (χ1n) is 7.03. The third kappa shape index (κ3) is 3.61. The van der Waals surface area contributed by atoms with Crippen LogP contribution in [0.5, 0.6) is 5.75 Å². The Morgan fingerprint density at radius 1 is 1.05 bits per heavy atom. The number of methoxy groups -OCH3 is 1. The van der Waals surface area contributed by atoms with E-state index in [-0.39, 0.29) is 0 Å². The maximum absolute atomic E-state index is 5.29. The van der Waals surface area contributed by atoms with Crippen LogP contribution < -0.4 is 10.1 Å². The van der Waals surface area contributed by atoms with Crippen LogP contribution >= 0.6 is 0 Å². The molecule has 0 aliphatic heterocycles. The topological polar surface area (TPSA) is 21.3 Å². The van der Waals surface area contributed by atoms with Crippen LogP contribution in [0.25, 0.3) is 0 Å². The zero-order valence-electron chi connectivity index (χ0n) is 12.7. The number of aryl methyl sites for hydroxylation is 2. The molecule has 0 fully saturated rings. The van der Waals surface area contributed by atoms with Gasteiger partial charge in [-0.3, -0.25) is 0 Å². The van der Waals surface area contributed by atoms with Crippen LogP contribution in [0.1, 0.15) is 35.2 Å². The van der Waals surface area contributed by atoms with E-state index in [1.807, 2.05) is 6.07 Å².